The molecule has 206 valence electrons. The van der Waals surface area contributed by atoms with Crippen molar-refractivity contribution >= 4 is 23.4 Å². The van der Waals surface area contributed by atoms with Gasteiger partial charge in [-0.3, -0.25) is 14.4 Å². The molecule has 3 amide bonds. The number of nitrogens with zero attached hydrogens (tertiary/aromatic N) is 1. The van der Waals surface area contributed by atoms with E-state index in [4.69, 9.17) is 4.74 Å². The Labute approximate surface area is 226 Å². The zero-order valence-corrected chi connectivity index (χ0v) is 23.6. The summed E-state index contributed by atoms with van der Waals surface area (Å²) >= 11 is 0. The number of nitrogens with one attached hydrogen (secondary N) is 2. The van der Waals surface area contributed by atoms with Crippen LogP contribution in [0, 0.1) is 43.4 Å². The molecular formula is C31H43N3O4. The van der Waals surface area contributed by atoms with Crippen molar-refractivity contribution in [2.24, 2.45) is 29.6 Å². The highest BCUT2D eigenvalue weighted by Crippen LogP contribution is 2.55. The maximum Gasteiger partial charge on any atom is 0.246 e. The molecule has 2 N–H and O–H groups in total. The van der Waals surface area contributed by atoms with Crippen LogP contribution in [-0.2, 0) is 19.1 Å². The molecular weight excluding hydrogens is 478 g/mol. The van der Waals surface area contributed by atoms with E-state index in [0.717, 1.165) is 30.4 Å². The van der Waals surface area contributed by atoms with Crippen molar-refractivity contribution in [3.05, 3.63) is 41.5 Å². The summed E-state index contributed by atoms with van der Waals surface area (Å²) in [6.45, 7) is 13.2. The fraction of sp³-hybridized carbons (Fsp3) is 0.645. The van der Waals surface area contributed by atoms with Crippen molar-refractivity contribution in [3.8, 4) is 0 Å². The van der Waals surface area contributed by atoms with Gasteiger partial charge in [-0.15, -0.1) is 0 Å². The number of likely N-dealkylation sites (tertiary alicyclic amines) is 1. The lowest BCUT2D eigenvalue weighted by Crippen LogP contribution is -2.58. The lowest BCUT2D eigenvalue weighted by Gasteiger charge is -2.38. The first-order chi connectivity index (χ1) is 18.0. The predicted molar refractivity (Wildman–Crippen MR) is 147 cm³/mol. The van der Waals surface area contributed by atoms with Gasteiger partial charge < -0.3 is 20.3 Å². The van der Waals surface area contributed by atoms with Crippen LogP contribution in [0.2, 0.25) is 0 Å². The lowest BCUT2D eigenvalue weighted by atomic mass is 9.73. The molecule has 0 radical (unpaired) electrons. The smallest absolute Gasteiger partial charge is 0.246 e. The van der Waals surface area contributed by atoms with Crippen LogP contribution in [0.15, 0.2) is 30.4 Å². The molecule has 7 heteroatoms. The van der Waals surface area contributed by atoms with E-state index in [1.807, 2.05) is 44.2 Å². The van der Waals surface area contributed by atoms with Gasteiger partial charge in [0.05, 0.1) is 17.9 Å². The van der Waals surface area contributed by atoms with Gasteiger partial charge in [0.15, 0.2) is 0 Å². The van der Waals surface area contributed by atoms with Crippen LogP contribution < -0.4 is 10.6 Å². The van der Waals surface area contributed by atoms with Gasteiger partial charge in [0, 0.05) is 18.3 Å². The molecule has 1 spiro atoms. The second-order valence-electron chi connectivity index (χ2n) is 12.6. The number of benzene rings is 1. The fourth-order valence-electron chi connectivity index (χ4n) is 7.00. The molecule has 0 aromatic heterocycles. The number of hydrogen-bond acceptors (Lipinski definition) is 4. The molecule has 3 aliphatic heterocycles. The standard InChI is InChI=1S/C31H43N3O4/c1-17(2)13-15-34-27(29(36)33-23-9-7-8-19(4)21(23)6)31-14-12-24(38-31)25(26(31)30(34)37)28(35)32-22-11-10-18(3)20(5)16-22/h10-12,14,16-17,19,21,23-27H,7-9,13,15H2,1-6H3,(H,32,35)(H,33,36). The highest BCUT2D eigenvalue weighted by atomic mass is 16.5. The Kier molecular flexibility index (Phi) is 7.18. The Morgan fingerprint density at radius 2 is 1.89 bits per heavy atom. The van der Waals surface area contributed by atoms with Crippen LogP contribution in [0.4, 0.5) is 5.69 Å². The number of amides is 3. The summed E-state index contributed by atoms with van der Waals surface area (Å²) in [5, 5.41) is 6.35. The third kappa shape index (κ3) is 4.47. The maximum atomic E-state index is 14.0. The summed E-state index contributed by atoms with van der Waals surface area (Å²) in [5.41, 5.74) is 1.83. The Morgan fingerprint density at radius 3 is 2.61 bits per heavy atom. The van der Waals surface area contributed by atoms with E-state index < -0.39 is 29.6 Å². The van der Waals surface area contributed by atoms with E-state index in [2.05, 4.69) is 38.3 Å². The van der Waals surface area contributed by atoms with Crippen LogP contribution in [0.5, 0.6) is 0 Å². The monoisotopic (exact) mass is 521 g/mol. The molecule has 1 aliphatic carbocycles. The van der Waals surface area contributed by atoms with E-state index in [0.29, 0.717) is 30.0 Å². The molecule has 38 heavy (non-hydrogen) atoms. The maximum absolute atomic E-state index is 14.0. The minimum absolute atomic E-state index is 0.0789. The van der Waals surface area contributed by atoms with Gasteiger partial charge in [-0.2, -0.15) is 0 Å². The van der Waals surface area contributed by atoms with Crippen LogP contribution in [0.1, 0.15) is 64.5 Å². The summed E-state index contributed by atoms with van der Waals surface area (Å²) in [5.74, 6) is -0.646. The summed E-state index contributed by atoms with van der Waals surface area (Å²) < 4.78 is 6.48. The first-order valence-corrected chi connectivity index (χ1v) is 14.4. The van der Waals surface area contributed by atoms with Crippen LogP contribution in [0.3, 0.4) is 0 Å². The molecule has 5 rings (SSSR count). The average molecular weight is 522 g/mol. The number of carbonyl (C=O) groups is 3. The van der Waals surface area contributed by atoms with Gasteiger partial charge in [0.25, 0.3) is 0 Å². The second kappa shape index (κ2) is 10.1. The van der Waals surface area contributed by atoms with Crippen LogP contribution >= 0.6 is 0 Å². The van der Waals surface area contributed by atoms with E-state index in [1.165, 1.54) is 6.42 Å². The number of anilines is 1. The number of rotatable bonds is 7. The number of ether oxygens (including phenoxy) is 1. The number of fused-ring (bicyclic) bond motifs is 1. The molecule has 1 aromatic carbocycles. The first kappa shape index (κ1) is 26.9. The molecule has 3 fully saturated rings. The Hall–Kier alpha value is -2.67. The fourth-order valence-corrected chi connectivity index (χ4v) is 7.00. The molecule has 2 saturated heterocycles. The van der Waals surface area contributed by atoms with Gasteiger partial charge in [0.2, 0.25) is 17.7 Å². The van der Waals surface area contributed by atoms with Gasteiger partial charge >= 0.3 is 0 Å². The molecule has 2 bridgehead atoms. The van der Waals surface area contributed by atoms with E-state index >= 15 is 0 Å². The van der Waals surface area contributed by atoms with Crippen LogP contribution in [0.25, 0.3) is 0 Å². The Morgan fingerprint density at radius 1 is 1.13 bits per heavy atom. The van der Waals surface area contributed by atoms with E-state index in [9.17, 15) is 14.4 Å². The van der Waals surface area contributed by atoms with Crippen molar-refractivity contribution in [1.82, 2.24) is 10.2 Å². The number of carbonyl (C=O) groups excluding carboxylic acids is 3. The highest BCUT2D eigenvalue weighted by Gasteiger charge is 2.72. The van der Waals surface area contributed by atoms with Crippen molar-refractivity contribution in [3.63, 3.8) is 0 Å². The Balaban J connectivity index is 1.43. The molecule has 8 unspecified atom stereocenters. The Bertz CT molecular complexity index is 1150. The third-order valence-corrected chi connectivity index (χ3v) is 9.68. The summed E-state index contributed by atoms with van der Waals surface area (Å²) in [6.07, 6.45) is 7.24. The van der Waals surface area contributed by atoms with Crippen molar-refractivity contribution in [2.75, 3.05) is 11.9 Å². The first-order valence-electron chi connectivity index (χ1n) is 14.4. The zero-order valence-electron chi connectivity index (χ0n) is 23.6. The number of aryl methyl sites for hydroxylation is 2. The van der Waals surface area contributed by atoms with E-state index in [-0.39, 0.29) is 23.8 Å². The number of hydrogen-bond donors (Lipinski definition) is 2. The molecule has 7 nitrogen and oxygen atoms in total. The lowest BCUT2D eigenvalue weighted by molar-refractivity contribution is -0.141. The summed E-state index contributed by atoms with van der Waals surface area (Å²) in [6, 6.07) is 5.11. The highest BCUT2D eigenvalue weighted by molar-refractivity contribution is 6.02. The second-order valence-corrected chi connectivity index (χ2v) is 12.6. The van der Waals surface area contributed by atoms with Gasteiger partial charge in [-0.25, -0.2) is 0 Å². The minimum Gasteiger partial charge on any atom is -0.359 e. The average Bonchev–Trinajstić information content (AvgIpc) is 3.50. The van der Waals surface area contributed by atoms with Crippen LogP contribution in [-0.4, -0.2) is 53.0 Å². The molecule has 8 atom stereocenters. The molecule has 4 aliphatic rings. The normalized spacial score (nSPS) is 35.6. The van der Waals surface area contributed by atoms with Crippen molar-refractivity contribution < 1.29 is 19.1 Å². The predicted octanol–water partition coefficient (Wildman–Crippen LogP) is 4.38. The van der Waals surface area contributed by atoms with Gasteiger partial charge in [-0.1, -0.05) is 58.8 Å². The molecule has 1 aromatic rings. The summed E-state index contributed by atoms with van der Waals surface area (Å²) in [4.78, 5) is 43.4. The third-order valence-electron chi connectivity index (χ3n) is 9.68. The van der Waals surface area contributed by atoms with Gasteiger partial charge in [-0.05, 0) is 67.7 Å². The van der Waals surface area contributed by atoms with E-state index in [1.54, 1.807) is 4.90 Å². The molecule has 1 saturated carbocycles. The quantitative estimate of drug-likeness (QED) is 0.522. The largest absolute Gasteiger partial charge is 0.359 e. The van der Waals surface area contributed by atoms with Crippen molar-refractivity contribution in [1.29, 1.82) is 0 Å². The van der Waals surface area contributed by atoms with Gasteiger partial charge in [0.1, 0.15) is 11.6 Å². The summed E-state index contributed by atoms with van der Waals surface area (Å²) in [7, 11) is 0. The zero-order chi connectivity index (χ0) is 27.4. The SMILES string of the molecule is Cc1ccc(NC(=O)C2C3C=CC4(O3)C2C(=O)N(CCC(C)C)C4C(=O)NC2CCCC(C)C2C)cc1C. The topological polar surface area (TPSA) is 87.7 Å². The minimum atomic E-state index is -1.11. The van der Waals surface area contributed by atoms with Crippen molar-refractivity contribution in [2.45, 2.75) is 91.0 Å². The molecule has 3 heterocycles.